The molecule has 0 N–H and O–H groups in total. The van der Waals surface area contributed by atoms with E-state index in [1.165, 1.54) is 23.0 Å². The molecular formula is C14H19NO4S2. The van der Waals surface area contributed by atoms with Gasteiger partial charge in [0.1, 0.15) is 5.75 Å². The zero-order valence-electron chi connectivity index (χ0n) is 12.1. The fraction of sp³-hybridized carbons (Fsp3) is 0.500. The number of benzene rings is 1. The van der Waals surface area contributed by atoms with Gasteiger partial charge in [-0.05, 0) is 36.6 Å². The maximum absolute atomic E-state index is 12.5. The topological polar surface area (TPSA) is 63.7 Å². The molecule has 21 heavy (non-hydrogen) atoms. The third kappa shape index (κ3) is 3.99. The number of nitrogens with zero attached hydrogens (tertiary/aromatic N) is 1. The number of carbonyl (C=O) groups is 1. The molecule has 5 nitrogen and oxygen atoms in total. The third-order valence-corrected chi connectivity index (χ3v) is 6.39. The predicted octanol–water partition coefficient (Wildman–Crippen LogP) is 1.99. The number of sulfonamides is 1. The third-order valence-electron chi connectivity index (χ3n) is 3.47. The fourth-order valence-electron chi connectivity index (χ4n) is 2.28. The highest BCUT2D eigenvalue weighted by atomic mass is 32.2. The van der Waals surface area contributed by atoms with Crippen LogP contribution in [-0.2, 0) is 14.8 Å². The normalized spacial score (nSPS) is 19.6. The Morgan fingerprint density at radius 3 is 2.62 bits per heavy atom. The number of hydrogen-bond donors (Lipinski definition) is 0. The van der Waals surface area contributed by atoms with Gasteiger partial charge in [0, 0.05) is 25.8 Å². The van der Waals surface area contributed by atoms with Crippen molar-refractivity contribution in [2.24, 2.45) is 5.92 Å². The van der Waals surface area contributed by atoms with E-state index in [4.69, 9.17) is 4.74 Å². The van der Waals surface area contributed by atoms with Crippen LogP contribution < -0.4 is 4.74 Å². The second-order valence-electron chi connectivity index (χ2n) is 5.00. The minimum atomic E-state index is -3.45. The molecule has 116 valence electrons. The van der Waals surface area contributed by atoms with Gasteiger partial charge in [-0.15, -0.1) is 0 Å². The van der Waals surface area contributed by atoms with E-state index in [-0.39, 0.29) is 15.9 Å². The summed E-state index contributed by atoms with van der Waals surface area (Å²) >= 11 is 1.27. The minimum Gasteiger partial charge on any atom is -0.497 e. The van der Waals surface area contributed by atoms with Gasteiger partial charge in [-0.1, -0.05) is 11.8 Å². The van der Waals surface area contributed by atoms with Crippen LogP contribution in [-0.4, -0.2) is 43.8 Å². The van der Waals surface area contributed by atoms with Crippen LogP contribution in [0.5, 0.6) is 5.75 Å². The first-order valence-corrected chi connectivity index (χ1v) is 9.13. The van der Waals surface area contributed by atoms with Crippen molar-refractivity contribution < 1.29 is 17.9 Å². The summed E-state index contributed by atoms with van der Waals surface area (Å²) in [5.74, 6) is 1.56. The number of hydrogen-bond acceptors (Lipinski definition) is 5. The number of rotatable bonds is 5. The zero-order valence-corrected chi connectivity index (χ0v) is 13.7. The Labute approximate surface area is 129 Å². The Bertz CT molecular complexity index is 598. The molecule has 1 aromatic carbocycles. The molecule has 0 aromatic heterocycles. The fourth-order valence-corrected chi connectivity index (χ4v) is 4.56. The Kier molecular flexibility index (Phi) is 5.29. The Hall–Kier alpha value is -1.05. The van der Waals surface area contributed by atoms with Gasteiger partial charge in [0.25, 0.3) is 0 Å². The second-order valence-corrected chi connectivity index (χ2v) is 8.13. The van der Waals surface area contributed by atoms with Crippen molar-refractivity contribution in [1.82, 2.24) is 4.31 Å². The molecule has 1 aromatic rings. The van der Waals surface area contributed by atoms with Gasteiger partial charge < -0.3 is 4.74 Å². The lowest BCUT2D eigenvalue weighted by atomic mass is 10.2. The highest BCUT2D eigenvalue weighted by Crippen LogP contribution is 2.27. The predicted molar refractivity (Wildman–Crippen MR) is 83.0 cm³/mol. The summed E-state index contributed by atoms with van der Waals surface area (Å²) in [4.78, 5) is 11.3. The van der Waals surface area contributed by atoms with Crippen molar-refractivity contribution in [3.05, 3.63) is 24.3 Å². The maximum Gasteiger partial charge on any atom is 0.243 e. The van der Waals surface area contributed by atoms with E-state index in [0.717, 1.165) is 6.42 Å². The Balaban J connectivity index is 2.04. The molecule has 0 radical (unpaired) electrons. The van der Waals surface area contributed by atoms with Crippen LogP contribution in [0.4, 0.5) is 0 Å². The van der Waals surface area contributed by atoms with E-state index >= 15 is 0 Å². The van der Waals surface area contributed by atoms with Crippen LogP contribution >= 0.6 is 11.8 Å². The van der Waals surface area contributed by atoms with Crippen molar-refractivity contribution in [3.8, 4) is 5.75 Å². The van der Waals surface area contributed by atoms with Crippen LogP contribution in [0.1, 0.15) is 13.3 Å². The van der Waals surface area contributed by atoms with E-state index < -0.39 is 10.0 Å². The van der Waals surface area contributed by atoms with E-state index in [0.29, 0.717) is 24.6 Å². The minimum absolute atomic E-state index is 0.0754. The number of carbonyl (C=O) groups excluding carboxylic acids is 1. The first-order valence-electron chi connectivity index (χ1n) is 6.71. The monoisotopic (exact) mass is 329 g/mol. The summed E-state index contributed by atoms with van der Waals surface area (Å²) in [7, 11) is -1.91. The van der Waals surface area contributed by atoms with Crippen molar-refractivity contribution in [2.75, 3.05) is 26.0 Å². The number of ether oxygens (including phenoxy) is 1. The van der Waals surface area contributed by atoms with Gasteiger partial charge in [0.05, 0.1) is 12.0 Å². The smallest absolute Gasteiger partial charge is 0.243 e. The summed E-state index contributed by atoms with van der Waals surface area (Å²) in [6, 6.07) is 6.41. The maximum atomic E-state index is 12.5. The quantitative estimate of drug-likeness (QED) is 0.826. The molecule has 7 heteroatoms. The van der Waals surface area contributed by atoms with E-state index in [1.807, 2.05) is 0 Å². The molecule has 1 aliphatic heterocycles. The summed E-state index contributed by atoms with van der Waals surface area (Å²) in [6.07, 6.45) is 0.801. The number of thioether (sulfide) groups is 1. The average Bonchev–Trinajstić information content (AvgIpc) is 2.95. The first-order chi connectivity index (χ1) is 9.93. The molecule has 1 atom stereocenters. The van der Waals surface area contributed by atoms with E-state index in [2.05, 4.69) is 0 Å². The molecule has 1 fully saturated rings. The Morgan fingerprint density at radius 2 is 2.05 bits per heavy atom. The van der Waals surface area contributed by atoms with Crippen LogP contribution in [0.2, 0.25) is 0 Å². The zero-order chi connectivity index (χ0) is 15.5. The molecular weight excluding hydrogens is 310 g/mol. The van der Waals surface area contributed by atoms with Crippen molar-refractivity contribution >= 4 is 26.9 Å². The molecule has 0 unspecified atom stereocenters. The van der Waals surface area contributed by atoms with Crippen molar-refractivity contribution in [2.45, 2.75) is 18.2 Å². The molecule has 0 spiro atoms. The van der Waals surface area contributed by atoms with Gasteiger partial charge in [-0.2, -0.15) is 4.31 Å². The summed E-state index contributed by atoms with van der Waals surface area (Å²) in [5, 5.41) is 0.0754. The molecule has 1 heterocycles. The van der Waals surface area contributed by atoms with Gasteiger partial charge in [0.2, 0.25) is 10.0 Å². The second kappa shape index (κ2) is 6.81. The lowest BCUT2D eigenvalue weighted by Crippen LogP contribution is -2.29. The van der Waals surface area contributed by atoms with Crippen LogP contribution in [0, 0.1) is 5.92 Å². The first kappa shape index (κ1) is 16.3. The molecule has 1 saturated heterocycles. The van der Waals surface area contributed by atoms with Crippen LogP contribution in [0.3, 0.4) is 0 Å². The largest absolute Gasteiger partial charge is 0.497 e. The van der Waals surface area contributed by atoms with Crippen LogP contribution in [0.25, 0.3) is 0 Å². The van der Waals surface area contributed by atoms with Gasteiger partial charge in [0.15, 0.2) is 5.12 Å². The molecule has 0 amide bonds. The van der Waals surface area contributed by atoms with E-state index in [9.17, 15) is 13.2 Å². The summed E-state index contributed by atoms with van der Waals surface area (Å²) in [5.41, 5.74) is 0. The highest BCUT2D eigenvalue weighted by Gasteiger charge is 2.32. The van der Waals surface area contributed by atoms with Crippen LogP contribution in [0.15, 0.2) is 29.2 Å². The molecule has 0 aliphatic carbocycles. The lowest BCUT2D eigenvalue weighted by molar-refractivity contribution is -0.109. The SMILES string of the molecule is COc1ccc(S(=O)(=O)N2CC[C@H](CSC(C)=O)C2)cc1. The standard InChI is InChI=1S/C14H19NO4S2/c1-11(16)20-10-12-7-8-15(9-12)21(17,18)14-5-3-13(19-2)4-6-14/h3-6,12H,7-10H2,1-2H3/t12-/m0/s1. The molecule has 0 saturated carbocycles. The molecule has 2 rings (SSSR count). The lowest BCUT2D eigenvalue weighted by Gasteiger charge is -2.16. The average molecular weight is 329 g/mol. The van der Waals surface area contributed by atoms with Gasteiger partial charge >= 0.3 is 0 Å². The highest BCUT2D eigenvalue weighted by molar-refractivity contribution is 8.13. The summed E-state index contributed by atoms with van der Waals surface area (Å²) < 4.78 is 31.6. The van der Waals surface area contributed by atoms with Crippen molar-refractivity contribution in [3.63, 3.8) is 0 Å². The van der Waals surface area contributed by atoms with Gasteiger partial charge in [-0.25, -0.2) is 8.42 Å². The van der Waals surface area contributed by atoms with Crippen molar-refractivity contribution in [1.29, 1.82) is 0 Å². The molecule has 1 aliphatic rings. The molecule has 0 bridgehead atoms. The summed E-state index contributed by atoms with van der Waals surface area (Å²) in [6.45, 7) is 2.53. The van der Waals surface area contributed by atoms with E-state index in [1.54, 1.807) is 31.4 Å². The Morgan fingerprint density at radius 1 is 1.38 bits per heavy atom. The number of methoxy groups -OCH3 is 1. The van der Waals surface area contributed by atoms with Gasteiger partial charge in [-0.3, -0.25) is 4.79 Å².